The second-order valence-electron chi connectivity index (χ2n) is 5.90. The number of hydrogen-bond acceptors (Lipinski definition) is 3. The van der Waals surface area contributed by atoms with Gasteiger partial charge in [0.25, 0.3) is 0 Å². The molecule has 2 aromatic carbocycles. The molecule has 0 unspecified atom stereocenters. The number of fused-ring (bicyclic) bond motifs is 1. The highest BCUT2D eigenvalue weighted by atomic mass is 16.5. The summed E-state index contributed by atoms with van der Waals surface area (Å²) in [5.74, 6) is 0.816. The van der Waals surface area contributed by atoms with Crippen LogP contribution in [-0.2, 0) is 6.61 Å². The van der Waals surface area contributed by atoms with Gasteiger partial charge in [-0.05, 0) is 47.0 Å². The molecule has 0 aliphatic carbocycles. The molecule has 4 nitrogen and oxygen atoms in total. The lowest BCUT2D eigenvalue weighted by atomic mass is 10.1. The zero-order valence-corrected chi connectivity index (χ0v) is 13.9. The number of ether oxygens (including phenoxy) is 1. The second kappa shape index (κ2) is 6.42. The lowest BCUT2D eigenvalue weighted by Gasteiger charge is -2.04. The number of pyridine rings is 1. The van der Waals surface area contributed by atoms with E-state index in [0.29, 0.717) is 0 Å². The number of aliphatic hydroxyl groups is 1. The fraction of sp³-hybridized carbons (Fsp3) is 0.0952. The number of imidazole rings is 1. The molecule has 0 atom stereocenters. The van der Waals surface area contributed by atoms with Gasteiger partial charge in [0.05, 0.1) is 19.4 Å². The first kappa shape index (κ1) is 15.4. The van der Waals surface area contributed by atoms with Crippen LogP contribution in [0.2, 0.25) is 0 Å². The fourth-order valence-electron chi connectivity index (χ4n) is 2.93. The summed E-state index contributed by atoms with van der Waals surface area (Å²) in [6.07, 6.45) is 4.08. The Labute approximate surface area is 146 Å². The average Bonchev–Trinajstić information content (AvgIpc) is 3.11. The molecule has 2 aromatic heterocycles. The first-order valence-corrected chi connectivity index (χ1v) is 8.10. The van der Waals surface area contributed by atoms with Crippen molar-refractivity contribution in [3.63, 3.8) is 0 Å². The number of nitrogens with zero attached hydrogens (tertiary/aromatic N) is 2. The zero-order chi connectivity index (χ0) is 17.2. The molecular formula is C21H18N2O2. The SMILES string of the molecule is COc1cccc(-c2cn3cc(-c4cccc(CO)c4)ccc3n2)c1. The molecule has 0 spiro atoms. The van der Waals surface area contributed by atoms with Gasteiger partial charge in [0.2, 0.25) is 0 Å². The summed E-state index contributed by atoms with van der Waals surface area (Å²) in [5, 5.41) is 9.33. The van der Waals surface area contributed by atoms with Crippen LogP contribution in [0.3, 0.4) is 0 Å². The van der Waals surface area contributed by atoms with Gasteiger partial charge in [-0.2, -0.15) is 0 Å². The van der Waals surface area contributed by atoms with Gasteiger partial charge in [0.1, 0.15) is 11.4 Å². The Morgan fingerprint density at radius 1 is 0.920 bits per heavy atom. The molecule has 25 heavy (non-hydrogen) atoms. The predicted octanol–water partition coefficient (Wildman–Crippen LogP) is 4.17. The van der Waals surface area contributed by atoms with Crippen LogP contribution in [0, 0.1) is 0 Å². The van der Waals surface area contributed by atoms with Gasteiger partial charge in [-0.1, -0.05) is 30.3 Å². The van der Waals surface area contributed by atoms with Crippen molar-refractivity contribution in [1.29, 1.82) is 0 Å². The van der Waals surface area contributed by atoms with Crippen molar-refractivity contribution in [3.05, 3.63) is 78.6 Å². The van der Waals surface area contributed by atoms with E-state index in [0.717, 1.165) is 39.3 Å². The maximum Gasteiger partial charge on any atom is 0.137 e. The molecule has 0 saturated carbocycles. The Morgan fingerprint density at radius 3 is 2.60 bits per heavy atom. The topological polar surface area (TPSA) is 46.8 Å². The van der Waals surface area contributed by atoms with E-state index in [1.165, 1.54) is 0 Å². The highest BCUT2D eigenvalue weighted by molar-refractivity contribution is 5.68. The van der Waals surface area contributed by atoms with Gasteiger partial charge < -0.3 is 14.2 Å². The van der Waals surface area contributed by atoms with Crippen LogP contribution in [-0.4, -0.2) is 21.6 Å². The normalized spacial score (nSPS) is 11.0. The van der Waals surface area contributed by atoms with Crippen LogP contribution in [0.1, 0.15) is 5.56 Å². The number of rotatable bonds is 4. The molecule has 0 fully saturated rings. The standard InChI is InChI=1S/C21H18N2O2/c1-25-19-7-3-6-17(11-19)20-13-23-12-18(8-9-21(23)22-20)16-5-2-4-15(10-16)14-24/h2-13,24H,14H2,1H3. The van der Waals surface area contributed by atoms with E-state index in [1.54, 1.807) is 7.11 Å². The van der Waals surface area contributed by atoms with Gasteiger partial charge in [-0.3, -0.25) is 0 Å². The molecule has 0 aliphatic rings. The van der Waals surface area contributed by atoms with Crippen LogP contribution in [0.25, 0.3) is 28.0 Å². The summed E-state index contributed by atoms with van der Waals surface area (Å²) in [6, 6.07) is 19.9. The minimum absolute atomic E-state index is 0.0428. The van der Waals surface area contributed by atoms with Gasteiger partial charge in [0.15, 0.2) is 0 Å². The van der Waals surface area contributed by atoms with Gasteiger partial charge >= 0.3 is 0 Å². The van der Waals surface area contributed by atoms with Crippen LogP contribution < -0.4 is 4.74 Å². The Hall–Kier alpha value is -3.11. The minimum Gasteiger partial charge on any atom is -0.497 e. The first-order chi connectivity index (χ1) is 12.3. The number of benzene rings is 2. The van der Waals surface area contributed by atoms with Gasteiger partial charge in [-0.25, -0.2) is 4.98 Å². The molecule has 4 rings (SSSR count). The Balaban J connectivity index is 1.76. The zero-order valence-electron chi connectivity index (χ0n) is 13.9. The molecule has 4 heteroatoms. The number of hydrogen-bond donors (Lipinski definition) is 1. The summed E-state index contributed by atoms with van der Waals surface area (Å²) >= 11 is 0. The summed E-state index contributed by atoms with van der Waals surface area (Å²) in [5.41, 5.74) is 5.87. The highest BCUT2D eigenvalue weighted by Crippen LogP contribution is 2.26. The Kier molecular flexibility index (Phi) is 3.96. The monoisotopic (exact) mass is 330 g/mol. The summed E-state index contributed by atoms with van der Waals surface area (Å²) in [7, 11) is 1.66. The van der Waals surface area contributed by atoms with Crippen LogP contribution in [0.5, 0.6) is 5.75 Å². The first-order valence-electron chi connectivity index (χ1n) is 8.10. The van der Waals surface area contributed by atoms with E-state index >= 15 is 0 Å². The highest BCUT2D eigenvalue weighted by Gasteiger charge is 2.07. The quantitative estimate of drug-likeness (QED) is 0.611. The third-order valence-corrected chi connectivity index (χ3v) is 4.26. The van der Waals surface area contributed by atoms with Crippen molar-refractivity contribution in [2.24, 2.45) is 0 Å². The van der Waals surface area contributed by atoms with Crippen molar-refractivity contribution in [2.75, 3.05) is 7.11 Å². The summed E-state index contributed by atoms with van der Waals surface area (Å²) in [4.78, 5) is 4.69. The minimum atomic E-state index is 0.0428. The fourth-order valence-corrected chi connectivity index (χ4v) is 2.93. The van der Waals surface area contributed by atoms with E-state index < -0.39 is 0 Å². The van der Waals surface area contributed by atoms with E-state index in [9.17, 15) is 5.11 Å². The smallest absolute Gasteiger partial charge is 0.137 e. The molecule has 1 N–H and O–H groups in total. The third-order valence-electron chi connectivity index (χ3n) is 4.26. The largest absolute Gasteiger partial charge is 0.497 e. The third kappa shape index (κ3) is 2.99. The molecule has 124 valence electrons. The Morgan fingerprint density at radius 2 is 1.76 bits per heavy atom. The van der Waals surface area contributed by atoms with Crippen LogP contribution >= 0.6 is 0 Å². The summed E-state index contributed by atoms with van der Waals surface area (Å²) < 4.78 is 7.32. The van der Waals surface area contributed by atoms with Crippen molar-refractivity contribution in [3.8, 4) is 28.1 Å². The Bertz CT molecular complexity index is 991. The van der Waals surface area contributed by atoms with Gasteiger partial charge in [0, 0.05) is 18.0 Å². The molecular weight excluding hydrogens is 312 g/mol. The molecule has 0 aliphatic heterocycles. The van der Waals surface area contributed by atoms with Crippen molar-refractivity contribution in [1.82, 2.24) is 9.38 Å². The number of methoxy groups -OCH3 is 1. The van der Waals surface area contributed by atoms with Crippen LogP contribution in [0.15, 0.2) is 73.1 Å². The van der Waals surface area contributed by atoms with Crippen molar-refractivity contribution >= 4 is 5.65 Å². The lowest BCUT2D eigenvalue weighted by molar-refractivity contribution is 0.282. The molecule has 0 radical (unpaired) electrons. The molecule has 0 amide bonds. The van der Waals surface area contributed by atoms with E-state index in [-0.39, 0.29) is 6.61 Å². The predicted molar refractivity (Wildman–Crippen MR) is 98.5 cm³/mol. The van der Waals surface area contributed by atoms with E-state index in [1.807, 2.05) is 71.3 Å². The van der Waals surface area contributed by atoms with E-state index in [2.05, 4.69) is 6.20 Å². The summed E-state index contributed by atoms with van der Waals surface area (Å²) in [6.45, 7) is 0.0428. The molecule has 2 heterocycles. The lowest BCUT2D eigenvalue weighted by Crippen LogP contribution is -1.87. The molecule has 0 bridgehead atoms. The maximum absolute atomic E-state index is 9.33. The second-order valence-corrected chi connectivity index (χ2v) is 5.90. The van der Waals surface area contributed by atoms with E-state index in [4.69, 9.17) is 9.72 Å². The maximum atomic E-state index is 9.33. The molecule has 0 saturated heterocycles. The number of aliphatic hydroxyl groups excluding tert-OH is 1. The molecule has 4 aromatic rings. The van der Waals surface area contributed by atoms with Crippen LogP contribution in [0.4, 0.5) is 0 Å². The van der Waals surface area contributed by atoms with Crippen molar-refractivity contribution in [2.45, 2.75) is 6.61 Å². The number of aromatic nitrogens is 2. The van der Waals surface area contributed by atoms with Crippen molar-refractivity contribution < 1.29 is 9.84 Å². The van der Waals surface area contributed by atoms with Gasteiger partial charge in [-0.15, -0.1) is 0 Å². The average molecular weight is 330 g/mol.